The van der Waals surface area contributed by atoms with Crippen molar-refractivity contribution in [2.24, 2.45) is 0 Å². The number of halogens is 1. The summed E-state index contributed by atoms with van der Waals surface area (Å²) in [5.41, 5.74) is 1.70. The molecule has 6 heteroatoms. The molecule has 0 spiro atoms. The van der Waals surface area contributed by atoms with E-state index in [2.05, 4.69) is 10.1 Å². The summed E-state index contributed by atoms with van der Waals surface area (Å²) in [6, 6.07) is 18.6. The lowest BCUT2D eigenvalue weighted by Crippen LogP contribution is -2.27. The molecule has 0 fully saturated rings. The van der Waals surface area contributed by atoms with Crippen LogP contribution in [0.4, 0.5) is 10.1 Å². The Labute approximate surface area is 144 Å². The second-order valence-corrected chi connectivity index (χ2v) is 6.07. The minimum Gasteiger partial charge on any atom is -0.309 e. The topological polar surface area (TPSA) is 51.0 Å². The largest absolute Gasteiger partial charge is 0.309 e. The third-order valence-electron chi connectivity index (χ3n) is 4.49. The molecule has 0 saturated carbocycles. The zero-order valence-corrected chi connectivity index (χ0v) is 13.7. The number of hydrogen-bond acceptors (Lipinski definition) is 3. The summed E-state index contributed by atoms with van der Waals surface area (Å²) in [4.78, 5) is 18.3. The minimum absolute atomic E-state index is 0.0182. The van der Waals surface area contributed by atoms with Crippen LogP contribution in [0.15, 0.2) is 60.7 Å². The van der Waals surface area contributed by atoms with E-state index in [-0.39, 0.29) is 23.6 Å². The first-order valence-electron chi connectivity index (χ1n) is 8.13. The third kappa shape index (κ3) is 2.69. The lowest BCUT2D eigenvalue weighted by atomic mass is 10.0. The van der Waals surface area contributed by atoms with E-state index in [1.165, 1.54) is 4.90 Å². The van der Waals surface area contributed by atoms with Crippen LogP contribution in [0.1, 0.15) is 40.6 Å². The van der Waals surface area contributed by atoms with Gasteiger partial charge in [0.05, 0.1) is 6.04 Å². The van der Waals surface area contributed by atoms with Gasteiger partial charge in [-0.05, 0) is 17.7 Å². The number of carbonyl (C=O) groups is 1. The van der Waals surface area contributed by atoms with Gasteiger partial charge < -0.3 is 4.90 Å². The van der Waals surface area contributed by atoms with Crippen molar-refractivity contribution in [1.29, 1.82) is 0 Å². The van der Waals surface area contributed by atoms with E-state index < -0.39 is 6.17 Å². The Morgan fingerprint density at radius 1 is 1.12 bits per heavy atom. The lowest BCUT2D eigenvalue weighted by Gasteiger charge is -2.15. The molecular weight excluding hydrogens is 319 g/mol. The predicted octanol–water partition coefficient (Wildman–Crippen LogP) is 3.56. The highest BCUT2D eigenvalue weighted by Gasteiger charge is 2.36. The monoisotopic (exact) mass is 336 g/mol. The summed E-state index contributed by atoms with van der Waals surface area (Å²) >= 11 is 0. The number of rotatable bonds is 3. The van der Waals surface area contributed by atoms with Crippen LogP contribution in [0.25, 0.3) is 0 Å². The van der Waals surface area contributed by atoms with Crippen LogP contribution in [0.5, 0.6) is 0 Å². The van der Waals surface area contributed by atoms with E-state index in [1.807, 2.05) is 60.7 Å². The molecule has 1 aromatic heterocycles. The fourth-order valence-corrected chi connectivity index (χ4v) is 3.14. The van der Waals surface area contributed by atoms with Crippen LogP contribution in [-0.4, -0.2) is 27.7 Å². The molecular formula is C19H17FN4O. The maximum absolute atomic E-state index is 14.4. The van der Waals surface area contributed by atoms with Gasteiger partial charge in [-0.25, -0.2) is 14.1 Å². The fourth-order valence-electron chi connectivity index (χ4n) is 3.14. The van der Waals surface area contributed by atoms with Crippen molar-refractivity contribution in [3.63, 3.8) is 0 Å². The molecule has 0 aliphatic carbocycles. The number of benzene rings is 2. The van der Waals surface area contributed by atoms with Crippen molar-refractivity contribution >= 4 is 11.6 Å². The molecule has 1 aliphatic rings. The number of hydrogen-bond donors (Lipinski definition) is 0. The maximum atomic E-state index is 14.4. The molecule has 2 atom stereocenters. The number of para-hydroxylation sites is 1. The maximum Gasteiger partial charge on any atom is 0.297 e. The zero-order valence-electron chi connectivity index (χ0n) is 13.7. The van der Waals surface area contributed by atoms with Crippen molar-refractivity contribution in [1.82, 2.24) is 14.8 Å². The van der Waals surface area contributed by atoms with Crippen molar-refractivity contribution in [2.45, 2.75) is 18.6 Å². The Hall–Kier alpha value is -3.02. The van der Waals surface area contributed by atoms with Gasteiger partial charge in [-0.2, -0.15) is 0 Å². The van der Waals surface area contributed by atoms with Crippen molar-refractivity contribution in [3.05, 3.63) is 77.9 Å². The van der Waals surface area contributed by atoms with Crippen LogP contribution in [-0.2, 0) is 0 Å². The Morgan fingerprint density at radius 2 is 1.76 bits per heavy atom. The van der Waals surface area contributed by atoms with Gasteiger partial charge in [-0.15, -0.1) is 5.10 Å². The Balaban J connectivity index is 1.66. The molecule has 2 heterocycles. The van der Waals surface area contributed by atoms with E-state index in [0.29, 0.717) is 6.42 Å². The van der Waals surface area contributed by atoms with E-state index in [4.69, 9.17) is 0 Å². The molecule has 126 valence electrons. The highest BCUT2D eigenvalue weighted by Crippen LogP contribution is 2.39. The zero-order chi connectivity index (χ0) is 17.4. The van der Waals surface area contributed by atoms with E-state index >= 15 is 0 Å². The Morgan fingerprint density at radius 3 is 2.44 bits per heavy atom. The molecule has 0 radical (unpaired) electrons. The summed E-state index contributed by atoms with van der Waals surface area (Å²) in [5.74, 6) is -0.115. The summed E-state index contributed by atoms with van der Waals surface area (Å²) < 4.78 is 16.0. The fraction of sp³-hybridized carbons (Fsp3) is 0.211. The summed E-state index contributed by atoms with van der Waals surface area (Å²) in [7, 11) is 1.66. The van der Waals surface area contributed by atoms with Crippen molar-refractivity contribution < 1.29 is 9.18 Å². The van der Waals surface area contributed by atoms with Gasteiger partial charge in [-0.1, -0.05) is 48.5 Å². The molecule has 0 N–H and O–H groups in total. The van der Waals surface area contributed by atoms with Crippen molar-refractivity contribution in [2.75, 3.05) is 11.9 Å². The van der Waals surface area contributed by atoms with Gasteiger partial charge in [-0.3, -0.25) is 4.79 Å². The number of nitrogens with zero attached hydrogens (tertiary/aromatic N) is 4. The summed E-state index contributed by atoms with van der Waals surface area (Å²) in [5, 5.41) is 4.32. The number of carbonyl (C=O) groups excluding carboxylic acids is 1. The van der Waals surface area contributed by atoms with Crippen LogP contribution < -0.4 is 4.90 Å². The van der Waals surface area contributed by atoms with Crippen molar-refractivity contribution in [3.8, 4) is 0 Å². The minimum atomic E-state index is -1.22. The number of anilines is 1. The van der Waals surface area contributed by atoms with Gasteiger partial charge in [0.25, 0.3) is 5.91 Å². The summed E-state index contributed by atoms with van der Waals surface area (Å²) in [6.07, 6.45) is -0.927. The number of fused-ring (bicyclic) bond motifs is 1. The van der Waals surface area contributed by atoms with Crippen LogP contribution in [0.2, 0.25) is 0 Å². The highest BCUT2D eigenvalue weighted by atomic mass is 19.1. The van der Waals surface area contributed by atoms with E-state index in [1.54, 1.807) is 11.7 Å². The van der Waals surface area contributed by atoms with Crippen LogP contribution in [0, 0.1) is 0 Å². The molecule has 1 aliphatic heterocycles. The van der Waals surface area contributed by atoms with Gasteiger partial charge in [0.2, 0.25) is 5.82 Å². The summed E-state index contributed by atoms with van der Waals surface area (Å²) in [6.45, 7) is 0. The van der Waals surface area contributed by atoms with Gasteiger partial charge in [0, 0.05) is 19.2 Å². The third-order valence-corrected chi connectivity index (χ3v) is 4.49. The number of alkyl halides is 1. The first-order valence-corrected chi connectivity index (χ1v) is 8.13. The highest BCUT2D eigenvalue weighted by molar-refractivity contribution is 6.03. The second-order valence-electron chi connectivity index (χ2n) is 6.07. The first kappa shape index (κ1) is 15.5. The number of aromatic nitrogens is 3. The normalized spacial score (nSPS) is 18.8. The first-order chi connectivity index (χ1) is 12.1. The molecule has 0 saturated heterocycles. The van der Waals surface area contributed by atoms with Crippen LogP contribution >= 0.6 is 0 Å². The Kier molecular flexibility index (Phi) is 3.80. The molecule has 4 rings (SSSR count). The average Bonchev–Trinajstić information content (AvgIpc) is 3.23. The molecule has 25 heavy (non-hydrogen) atoms. The van der Waals surface area contributed by atoms with Gasteiger partial charge in [0.15, 0.2) is 12.0 Å². The van der Waals surface area contributed by atoms with E-state index in [0.717, 1.165) is 11.3 Å². The molecule has 1 amide bonds. The SMILES string of the molecule is CN(C(=O)c1nc2n(n1)[C@H](c1ccccc1)C[C@@H]2F)c1ccccc1. The smallest absolute Gasteiger partial charge is 0.297 e. The predicted molar refractivity (Wildman–Crippen MR) is 92.2 cm³/mol. The average molecular weight is 336 g/mol. The molecule has 3 aromatic rings. The molecule has 0 bridgehead atoms. The standard InChI is InChI=1S/C19H17FN4O/c1-23(14-10-6-3-7-11-14)19(25)17-21-18-15(20)12-16(24(18)22-17)13-8-4-2-5-9-13/h2-11,15-16H,12H2,1H3/t15-,16-/m0/s1. The van der Waals surface area contributed by atoms with E-state index in [9.17, 15) is 9.18 Å². The molecule has 2 aromatic carbocycles. The lowest BCUT2D eigenvalue weighted by molar-refractivity contribution is 0.0982. The molecule has 5 nitrogen and oxygen atoms in total. The second kappa shape index (κ2) is 6.12. The quantitative estimate of drug-likeness (QED) is 0.735. The van der Waals surface area contributed by atoms with Crippen LogP contribution in [0.3, 0.4) is 0 Å². The molecule has 0 unspecified atom stereocenters. The number of amides is 1. The Bertz CT molecular complexity index is 894. The van der Waals surface area contributed by atoms with Gasteiger partial charge in [0.1, 0.15) is 0 Å². The van der Waals surface area contributed by atoms with Gasteiger partial charge >= 0.3 is 0 Å².